The molecule has 0 aliphatic carbocycles. The minimum Gasteiger partial charge on any atom is -0.458 e. The summed E-state index contributed by atoms with van der Waals surface area (Å²) in [4.78, 5) is 24.1. The molecule has 0 saturated heterocycles. The molecule has 0 N–H and O–H groups in total. The van der Waals surface area contributed by atoms with E-state index in [4.69, 9.17) is 38.0 Å². The average Bonchev–Trinajstić information content (AvgIpc) is 2.43. The predicted molar refractivity (Wildman–Crippen MR) is 88.6 cm³/mol. The van der Waals surface area contributed by atoms with Gasteiger partial charge in [-0.3, -0.25) is 4.79 Å². The first-order valence-electron chi connectivity index (χ1n) is 6.32. The third-order valence-electron chi connectivity index (χ3n) is 2.64. The van der Waals surface area contributed by atoms with Gasteiger partial charge in [0.15, 0.2) is 5.78 Å². The highest BCUT2D eigenvalue weighted by atomic mass is 35.8. The number of ketones is 1. The van der Waals surface area contributed by atoms with Crippen molar-refractivity contribution in [2.45, 2.75) is 18.9 Å². The van der Waals surface area contributed by atoms with E-state index in [1.807, 2.05) is 0 Å². The summed E-state index contributed by atoms with van der Waals surface area (Å²) in [7, 11) is 0. The Hall–Kier alpha value is -0.813. The van der Waals surface area contributed by atoms with Crippen molar-refractivity contribution in [3.8, 4) is 0 Å². The zero-order chi connectivity index (χ0) is 15.9. The van der Waals surface area contributed by atoms with Crippen LogP contribution in [0, 0.1) is 0 Å². The van der Waals surface area contributed by atoms with Crippen LogP contribution in [0.4, 0.5) is 0 Å². The summed E-state index contributed by atoms with van der Waals surface area (Å²) >= 11 is 17.3. The molecule has 0 heterocycles. The van der Waals surface area contributed by atoms with Crippen LogP contribution >= 0.6 is 33.2 Å². The minimum absolute atomic E-state index is 0.0974. The predicted octanol–water partition coefficient (Wildman–Crippen LogP) is 4.65. The number of carbonyl (C=O) groups excluding carboxylic acids is 2. The highest BCUT2D eigenvalue weighted by molar-refractivity contribution is 7.64. The highest BCUT2D eigenvalue weighted by Gasteiger charge is 2.25. The van der Waals surface area contributed by atoms with Crippen molar-refractivity contribution in [3.63, 3.8) is 0 Å². The number of benzene rings is 1. The van der Waals surface area contributed by atoms with Crippen LogP contribution in [0.1, 0.15) is 33.6 Å². The summed E-state index contributed by atoms with van der Waals surface area (Å²) in [6.07, 6.45) is 2.18. The number of hydrogen-bond acceptors (Lipinski definition) is 3. The Bertz CT molecular complexity index is 526. The molecule has 1 aromatic carbocycles. The molecular formula is C14H15Cl3O3Si. The first-order chi connectivity index (χ1) is 9.85. The summed E-state index contributed by atoms with van der Waals surface area (Å²) in [6.45, 7) is 3.57. The number of carbonyl (C=O) groups is 2. The molecule has 0 aliphatic heterocycles. The SMILES string of the molecule is C=CCOC(=O)c1ccccc1C(=O)CCC[Si](Cl)(Cl)Cl. The summed E-state index contributed by atoms with van der Waals surface area (Å²) in [5, 5.41) is 0. The molecule has 0 bridgehead atoms. The molecule has 0 atom stereocenters. The van der Waals surface area contributed by atoms with Crippen LogP contribution in [0.2, 0.25) is 6.04 Å². The van der Waals surface area contributed by atoms with Gasteiger partial charge in [0.2, 0.25) is 0 Å². The van der Waals surface area contributed by atoms with Crippen LogP contribution in [0.3, 0.4) is 0 Å². The van der Waals surface area contributed by atoms with Crippen LogP contribution in [0.25, 0.3) is 0 Å². The van der Waals surface area contributed by atoms with Gasteiger partial charge in [-0.2, -0.15) is 0 Å². The molecule has 7 heteroatoms. The van der Waals surface area contributed by atoms with Crippen LogP contribution in [0.15, 0.2) is 36.9 Å². The molecule has 0 unspecified atom stereocenters. The van der Waals surface area contributed by atoms with E-state index in [1.165, 1.54) is 6.08 Å². The van der Waals surface area contributed by atoms with Gasteiger partial charge in [0, 0.05) is 12.0 Å². The molecule has 0 fully saturated rings. The average molecular weight is 366 g/mol. The van der Waals surface area contributed by atoms with Gasteiger partial charge in [0.1, 0.15) is 6.61 Å². The number of Topliss-reactive ketones (excluding diaryl/α,β-unsaturated/α-hetero) is 1. The number of rotatable bonds is 8. The summed E-state index contributed by atoms with van der Waals surface area (Å²) in [6, 6.07) is 4.22. The Morgan fingerprint density at radius 1 is 1.19 bits per heavy atom. The van der Waals surface area contributed by atoms with Crippen molar-refractivity contribution in [3.05, 3.63) is 48.0 Å². The van der Waals surface area contributed by atoms with Gasteiger partial charge < -0.3 is 4.74 Å². The lowest BCUT2D eigenvalue weighted by molar-refractivity contribution is 0.0546. The van der Waals surface area contributed by atoms with E-state index < -0.39 is 12.0 Å². The molecule has 3 nitrogen and oxygen atoms in total. The molecule has 1 rings (SSSR count). The normalized spacial score (nSPS) is 11.0. The number of ether oxygens (including phenoxy) is 1. The molecule has 21 heavy (non-hydrogen) atoms. The first kappa shape index (κ1) is 18.2. The van der Waals surface area contributed by atoms with Crippen molar-refractivity contribution < 1.29 is 14.3 Å². The Labute approximate surface area is 139 Å². The third-order valence-corrected chi connectivity index (χ3v) is 5.27. The molecule has 114 valence electrons. The Morgan fingerprint density at radius 2 is 1.81 bits per heavy atom. The van der Waals surface area contributed by atoms with Gasteiger partial charge in [-0.1, -0.05) is 30.9 Å². The van der Waals surface area contributed by atoms with E-state index in [2.05, 4.69) is 6.58 Å². The Morgan fingerprint density at radius 3 is 2.38 bits per heavy atom. The standard InChI is InChI=1S/C14H15Cl3O3Si/c1-2-9-20-14(19)12-7-4-3-6-11(12)13(18)8-5-10-21(15,16)17/h2-4,6-7H,1,5,8-10H2. The van der Waals surface area contributed by atoms with Crippen molar-refractivity contribution in [2.75, 3.05) is 6.61 Å². The minimum atomic E-state index is -2.72. The van der Waals surface area contributed by atoms with Crippen LogP contribution < -0.4 is 0 Å². The summed E-state index contributed by atoms with van der Waals surface area (Å²) in [5.41, 5.74) is 0.577. The van der Waals surface area contributed by atoms with Gasteiger partial charge in [-0.25, -0.2) is 4.79 Å². The topological polar surface area (TPSA) is 43.4 Å². The van der Waals surface area contributed by atoms with E-state index in [9.17, 15) is 9.59 Å². The molecule has 0 saturated carbocycles. The van der Waals surface area contributed by atoms with Gasteiger partial charge in [-0.15, -0.1) is 33.2 Å². The second-order valence-electron chi connectivity index (χ2n) is 4.32. The van der Waals surface area contributed by atoms with Crippen LogP contribution in [-0.2, 0) is 4.74 Å². The highest BCUT2D eigenvalue weighted by Crippen LogP contribution is 2.27. The first-order valence-corrected chi connectivity index (χ1v) is 11.6. The van der Waals surface area contributed by atoms with Crippen LogP contribution in [0.5, 0.6) is 0 Å². The molecule has 0 spiro atoms. The maximum absolute atomic E-state index is 12.2. The van der Waals surface area contributed by atoms with Gasteiger partial charge >= 0.3 is 12.0 Å². The maximum atomic E-state index is 12.2. The lowest BCUT2D eigenvalue weighted by Gasteiger charge is -2.09. The smallest absolute Gasteiger partial charge is 0.341 e. The Balaban J connectivity index is 2.75. The fourth-order valence-electron chi connectivity index (χ4n) is 1.70. The third kappa shape index (κ3) is 6.65. The second kappa shape index (κ2) is 8.59. The van der Waals surface area contributed by atoms with Gasteiger partial charge in [0.05, 0.1) is 5.56 Å². The molecule has 1 aromatic rings. The largest absolute Gasteiger partial charge is 0.458 e. The quantitative estimate of drug-likeness (QED) is 0.221. The molecule has 0 radical (unpaired) electrons. The van der Waals surface area contributed by atoms with Crippen molar-refractivity contribution in [1.82, 2.24) is 0 Å². The van der Waals surface area contributed by atoms with E-state index in [0.717, 1.165) is 0 Å². The maximum Gasteiger partial charge on any atom is 0.341 e. The zero-order valence-electron chi connectivity index (χ0n) is 11.3. The fraction of sp³-hybridized carbons (Fsp3) is 0.286. The van der Waals surface area contributed by atoms with E-state index in [0.29, 0.717) is 18.0 Å². The lowest BCUT2D eigenvalue weighted by Crippen LogP contribution is -2.13. The van der Waals surface area contributed by atoms with Crippen LogP contribution in [-0.4, -0.2) is 24.4 Å². The monoisotopic (exact) mass is 364 g/mol. The zero-order valence-corrected chi connectivity index (χ0v) is 14.5. The molecular weight excluding hydrogens is 351 g/mol. The van der Waals surface area contributed by atoms with Crippen molar-refractivity contribution in [2.24, 2.45) is 0 Å². The molecule has 0 aromatic heterocycles. The number of hydrogen-bond donors (Lipinski definition) is 0. The summed E-state index contributed by atoms with van der Waals surface area (Å²) in [5.74, 6) is -0.709. The van der Waals surface area contributed by atoms with E-state index in [-0.39, 0.29) is 24.4 Å². The van der Waals surface area contributed by atoms with Gasteiger partial charge in [-0.05, 0) is 18.5 Å². The Kier molecular flexibility index (Phi) is 7.46. The summed E-state index contributed by atoms with van der Waals surface area (Å²) < 4.78 is 4.96. The van der Waals surface area contributed by atoms with E-state index >= 15 is 0 Å². The van der Waals surface area contributed by atoms with Crippen molar-refractivity contribution >= 4 is 51.0 Å². The fourth-order valence-corrected chi connectivity index (χ4v) is 3.48. The lowest BCUT2D eigenvalue weighted by atomic mass is 10.0. The molecule has 0 aliphatic rings. The second-order valence-corrected chi connectivity index (χ2v) is 13.6. The van der Waals surface area contributed by atoms with E-state index in [1.54, 1.807) is 24.3 Å². The molecule has 0 amide bonds. The van der Waals surface area contributed by atoms with Gasteiger partial charge in [0.25, 0.3) is 0 Å². The number of esters is 1. The van der Waals surface area contributed by atoms with Crippen molar-refractivity contribution in [1.29, 1.82) is 0 Å². The number of halogens is 3.